The molecule has 0 spiro atoms. The van der Waals surface area contributed by atoms with E-state index >= 15 is 0 Å². The van der Waals surface area contributed by atoms with Gasteiger partial charge < -0.3 is 25.0 Å². The highest BCUT2D eigenvalue weighted by atomic mass is 19.1. The number of nitrogens with zero attached hydrogens (tertiary/aromatic N) is 1. The first-order valence-electron chi connectivity index (χ1n) is 9.27. The van der Waals surface area contributed by atoms with Gasteiger partial charge in [-0.2, -0.15) is 0 Å². The number of nitrogens with one attached hydrogen (secondary N) is 2. The van der Waals surface area contributed by atoms with E-state index in [2.05, 4.69) is 10.6 Å². The van der Waals surface area contributed by atoms with Gasteiger partial charge in [-0.3, -0.25) is 4.79 Å². The molecule has 1 unspecified atom stereocenters. The van der Waals surface area contributed by atoms with E-state index < -0.39 is 0 Å². The van der Waals surface area contributed by atoms with Crippen LogP contribution in [0.2, 0.25) is 0 Å². The molecule has 1 fully saturated rings. The Kier molecular flexibility index (Phi) is 6.54. The van der Waals surface area contributed by atoms with Gasteiger partial charge in [-0.15, -0.1) is 0 Å². The van der Waals surface area contributed by atoms with Crippen LogP contribution in [-0.2, 0) is 11.3 Å². The maximum absolute atomic E-state index is 13.0. The molecule has 29 heavy (non-hydrogen) atoms. The summed E-state index contributed by atoms with van der Waals surface area (Å²) >= 11 is 0. The van der Waals surface area contributed by atoms with Crippen molar-refractivity contribution in [1.82, 2.24) is 10.2 Å². The third kappa shape index (κ3) is 5.37. The van der Waals surface area contributed by atoms with E-state index in [9.17, 15) is 14.0 Å². The van der Waals surface area contributed by atoms with Gasteiger partial charge in [-0.25, -0.2) is 9.18 Å². The number of likely N-dealkylation sites (tertiary alicyclic amines) is 1. The van der Waals surface area contributed by atoms with Crippen LogP contribution in [0.15, 0.2) is 42.5 Å². The molecule has 0 saturated carbocycles. The SMILES string of the molecule is COc1ccc(NC(=O)NCC2CC(=O)N(Cc3ccc(F)cc3)C2)c(OC)c1. The van der Waals surface area contributed by atoms with E-state index in [1.807, 2.05) is 0 Å². The zero-order valence-electron chi connectivity index (χ0n) is 16.4. The van der Waals surface area contributed by atoms with Crippen LogP contribution in [-0.4, -0.2) is 44.1 Å². The molecule has 1 heterocycles. The number of amides is 3. The number of carbonyl (C=O) groups excluding carboxylic acids is 2. The summed E-state index contributed by atoms with van der Waals surface area (Å²) in [5.41, 5.74) is 1.39. The second kappa shape index (κ2) is 9.27. The zero-order chi connectivity index (χ0) is 20.8. The highest BCUT2D eigenvalue weighted by Gasteiger charge is 2.29. The van der Waals surface area contributed by atoms with E-state index in [0.29, 0.717) is 43.2 Å². The summed E-state index contributed by atoms with van der Waals surface area (Å²) < 4.78 is 23.4. The van der Waals surface area contributed by atoms with Crippen molar-refractivity contribution in [3.63, 3.8) is 0 Å². The number of halogens is 1. The molecule has 1 aliphatic rings. The van der Waals surface area contributed by atoms with E-state index in [4.69, 9.17) is 9.47 Å². The molecule has 0 radical (unpaired) electrons. The van der Waals surface area contributed by atoms with E-state index in [0.717, 1.165) is 5.56 Å². The van der Waals surface area contributed by atoms with Gasteiger partial charge >= 0.3 is 6.03 Å². The summed E-state index contributed by atoms with van der Waals surface area (Å²) in [7, 11) is 3.06. The van der Waals surface area contributed by atoms with Gasteiger partial charge in [0.15, 0.2) is 0 Å². The Bertz CT molecular complexity index is 873. The average Bonchev–Trinajstić information content (AvgIpc) is 3.07. The van der Waals surface area contributed by atoms with E-state index in [1.165, 1.54) is 19.2 Å². The minimum absolute atomic E-state index is 0.0199. The Balaban J connectivity index is 1.49. The van der Waals surface area contributed by atoms with Gasteiger partial charge in [0.05, 0.1) is 19.9 Å². The number of benzene rings is 2. The molecule has 2 aromatic rings. The normalized spacial score (nSPS) is 15.9. The zero-order valence-corrected chi connectivity index (χ0v) is 16.4. The molecule has 1 saturated heterocycles. The Morgan fingerprint density at radius 1 is 1.17 bits per heavy atom. The molecule has 3 rings (SSSR count). The second-order valence-electron chi connectivity index (χ2n) is 6.87. The number of anilines is 1. The summed E-state index contributed by atoms with van der Waals surface area (Å²) in [5.74, 6) is 0.854. The molecule has 8 heteroatoms. The van der Waals surface area contributed by atoms with Crippen molar-refractivity contribution >= 4 is 17.6 Å². The van der Waals surface area contributed by atoms with Gasteiger partial charge in [-0.1, -0.05) is 12.1 Å². The fourth-order valence-corrected chi connectivity index (χ4v) is 3.26. The van der Waals surface area contributed by atoms with Crippen molar-refractivity contribution in [2.75, 3.05) is 32.6 Å². The minimum atomic E-state index is -0.377. The Hall–Kier alpha value is -3.29. The van der Waals surface area contributed by atoms with Crippen LogP contribution in [0.25, 0.3) is 0 Å². The van der Waals surface area contributed by atoms with Crippen LogP contribution in [0.5, 0.6) is 11.5 Å². The lowest BCUT2D eigenvalue weighted by Crippen LogP contribution is -2.34. The van der Waals surface area contributed by atoms with Crippen molar-refractivity contribution < 1.29 is 23.5 Å². The number of hydrogen-bond donors (Lipinski definition) is 2. The molecule has 0 aromatic heterocycles. The number of carbonyl (C=O) groups is 2. The van der Waals surface area contributed by atoms with Crippen molar-refractivity contribution in [2.45, 2.75) is 13.0 Å². The monoisotopic (exact) mass is 401 g/mol. The van der Waals surface area contributed by atoms with Crippen LogP contribution < -0.4 is 20.1 Å². The van der Waals surface area contributed by atoms with E-state index in [-0.39, 0.29) is 23.7 Å². The number of ether oxygens (including phenoxy) is 2. The van der Waals surface area contributed by atoms with Gasteiger partial charge in [0.2, 0.25) is 5.91 Å². The first-order chi connectivity index (χ1) is 14.0. The molecule has 0 bridgehead atoms. The second-order valence-corrected chi connectivity index (χ2v) is 6.87. The number of methoxy groups -OCH3 is 2. The fourth-order valence-electron chi connectivity index (χ4n) is 3.26. The molecule has 7 nitrogen and oxygen atoms in total. The van der Waals surface area contributed by atoms with Gasteiger partial charge in [0.1, 0.15) is 17.3 Å². The maximum Gasteiger partial charge on any atom is 0.319 e. The maximum atomic E-state index is 13.0. The predicted octanol–water partition coefficient (Wildman–Crippen LogP) is 3.01. The summed E-state index contributed by atoms with van der Waals surface area (Å²) in [4.78, 5) is 26.2. The third-order valence-electron chi connectivity index (χ3n) is 4.79. The van der Waals surface area contributed by atoms with Gasteiger partial charge in [-0.05, 0) is 29.8 Å². The largest absolute Gasteiger partial charge is 0.497 e. The third-order valence-corrected chi connectivity index (χ3v) is 4.79. The standard InChI is InChI=1S/C21H24FN3O4/c1-28-17-7-8-18(19(10-17)29-2)24-21(27)23-11-15-9-20(26)25(13-15)12-14-3-5-16(22)6-4-14/h3-8,10,15H,9,11-13H2,1-2H3,(H2,23,24,27). The van der Waals surface area contributed by atoms with Crippen LogP contribution in [0, 0.1) is 11.7 Å². The molecule has 2 N–H and O–H groups in total. The molecule has 1 atom stereocenters. The number of urea groups is 1. The number of rotatable bonds is 7. The molecule has 2 aromatic carbocycles. The summed E-state index contributed by atoms with van der Waals surface area (Å²) in [6.07, 6.45) is 0.368. The van der Waals surface area contributed by atoms with Crippen LogP contribution >= 0.6 is 0 Å². The highest BCUT2D eigenvalue weighted by Crippen LogP contribution is 2.29. The lowest BCUT2D eigenvalue weighted by molar-refractivity contribution is -0.128. The lowest BCUT2D eigenvalue weighted by atomic mass is 10.1. The number of hydrogen-bond acceptors (Lipinski definition) is 4. The molecule has 154 valence electrons. The molecular weight excluding hydrogens is 377 g/mol. The van der Waals surface area contributed by atoms with Crippen LogP contribution in [0.3, 0.4) is 0 Å². The highest BCUT2D eigenvalue weighted by molar-refractivity contribution is 5.91. The van der Waals surface area contributed by atoms with Gasteiger partial charge in [0, 0.05) is 38.0 Å². The van der Waals surface area contributed by atoms with Crippen molar-refractivity contribution in [3.05, 3.63) is 53.8 Å². The smallest absolute Gasteiger partial charge is 0.319 e. The summed E-state index contributed by atoms with van der Waals surface area (Å²) in [5, 5.41) is 5.54. The van der Waals surface area contributed by atoms with Crippen LogP contribution in [0.4, 0.5) is 14.9 Å². The molecular formula is C21H24FN3O4. The molecule has 1 aliphatic heterocycles. The Morgan fingerprint density at radius 3 is 2.62 bits per heavy atom. The topological polar surface area (TPSA) is 79.9 Å². The van der Waals surface area contributed by atoms with Crippen molar-refractivity contribution in [1.29, 1.82) is 0 Å². The summed E-state index contributed by atoms with van der Waals surface area (Å²) in [6, 6.07) is 10.8. The molecule has 3 amide bonds. The quantitative estimate of drug-likeness (QED) is 0.748. The Morgan fingerprint density at radius 2 is 1.93 bits per heavy atom. The van der Waals surface area contributed by atoms with Crippen LogP contribution in [0.1, 0.15) is 12.0 Å². The van der Waals surface area contributed by atoms with Gasteiger partial charge in [0.25, 0.3) is 0 Å². The van der Waals surface area contributed by atoms with Crippen molar-refractivity contribution in [2.24, 2.45) is 5.92 Å². The first-order valence-corrected chi connectivity index (χ1v) is 9.27. The average molecular weight is 401 g/mol. The summed E-state index contributed by atoms with van der Waals surface area (Å²) in [6.45, 7) is 1.35. The predicted molar refractivity (Wildman–Crippen MR) is 106 cm³/mol. The molecule has 0 aliphatic carbocycles. The Labute approximate surface area is 168 Å². The van der Waals surface area contributed by atoms with Crippen molar-refractivity contribution in [3.8, 4) is 11.5 Å². The minimum Gasteiger partial charge on any atom is -0.497 e. The van der Waals surface area contributed by atoms with E-state index in [1.54, 1.807) is 42.3 Å². The lowest BCUT2D eigenvalue weighted by Gasteiger charge is -2.17. The fraction of sp³-hybridized carbons (Fsp3) is 0.333. The first kappa shape index (κ1) is 20.4.